The second kappa shape index (κ2) is 3.13. The van der Waals surface area contributed by atoms with E-state index in [-0.39, 0.29) is 28.8 Å². The van der Waals surface area contributed by atoms with Crippen LogP contribution in [-0.4, -0.2) is 22.8 Å². The highest BCUT2D eigenvalue weighted by atomic mass is 16.3. The Balaban J connectivity index is 2.15. The smallest absolute Gasteiger partial charge is 0.167 e. The van der Waals surface area contributed by atoms with Crippen LogP contribution < -0.4 is 0 Å². The zero-order chi connectivity index (χ0) is 13.5. The predicted molar refractivity (Wildman–Crippen MR) is 66.8 cm³/mol. The molecule has 3 aliphatic rings. The van der Waals surface area contributed by atoms with Gasteiger partial charge in [-0.05, 0) is 6.42 Å². The number of rotatable bonds is 0. The van der Waals surface area contributed by atoms with Crippen LogP contribution in [0.3, 0.4) is 0 Å². The zero-order valence-corrected chi connectivity index (χ0v) is 11.4. The molecular formula is C15H20O3. The summed E-state index contributed by atoms with van der Waals surface area (Å²) in [7, 11) is 0. The number of aliphatic hydroxyl groups is 1. The van der Waals surface area contributed by atoms with Crippen molar-refractivity contribution in [3.8, 4) is 0 Å². The average molecular weight is 248 g/mol. The molecule has 0 bridgehead atoms. The van der Waals surface area contributed by atoms with Crippen LogP contribution in [0.15, 0.2) is 11.1 Å². The summed E-state index contributed by atoms with van der Waals surface area (Å²) in [4.78, 5) is 24.3. The van der Waals surface area contributed by atoms with Gasteiger partial charge in [-0.15, -0.1) is 0 Å². The van der Waals surface area contributed by atoms with Crippen LogP contribution in [-0.2, 0) is 9.59 Å². The average Bonchev–Trinajstić information content (AvgIpc) is 2.74. The molecule has 3 heteroatoms. The number of hydrogen-bond donors (Lipinski definition) is 1. The Bertz CT molecular complexity index is 500. The van der Waals surface area contributed by atoms with Crippen molar-refractivity contribution < 1.29 is 14.7 Å². The fraction of sp³-hybridized carbons (Fsp3) is 0.733. The lowest BCUT2D eigenvalue weighted by Crippen LogP contribution is -2.35. The molecule has 4 atom stereocenters. The zero-order valence-electron chi connectivity index (χ0n) is 11.4. The van der Waals surface area contributed by atoms with E-state index >= 15 is 0 Å². The summed E-state index contributed by atoms with van der Waals surface area (Å²) in [5, 5.41) is 10.4. The van der Waals surface area contributed by atoms with Crippen molar-refractivity contribution in [3.05, 3.63) is 11.1 Å². The first-order chi connectivity index (χ1) is 8.21. The van der Waals surface area contributed by atoms with E-state index in [9.17, 15) is 14.7 Å². The van der Waals surface area contributed by atoms with E-state index in [0.717, 1.165) is 5.57 Å². The van der Waals surface area contributed by atoms with Crippen molar-refractivity contribution in [3.63, 3.8) is 0 Å². The Morgan fingerprint density at radius 1 is 1.22 bits per heavy atom. The summed E-state index contributed by atoms with van der Waals surface area (Å²) in [5.74, 6) is 0.155. The second-order valence-corrected chi connectivity index (χ2v) is 7.01. The SMILES string of the molecule is CC1C(=O)CC2C(O)C3=C(CC(C)(C)C3=O)C12C. The molecule has 0 spiro atoms. The molecule has 3 rings (SSSR count). The van der Waals surface area contributed by atoms with Crippen LogP contribution in [0, 0.1) is 22.7 Å². The second-order valence-electron chi connectivity index (χ2n) is 7.01. The molecule has 18 heavy (non-hydrogen) atoms. The van der Waals surface area contributed by atoms with Gasteiger partial charge in [0.2, 0.25) is 0 Å². The first-order valence-corrected chi connectivity index (χ1v) is 6.70. The van der Waals surface area contributed by atoms with Crippen molar-refractivity contribution in [2.24, 2.45) is 22.7 Å². The van der Waals surface area contributed by atoms with Gasteiger partial charge in [-0.2, -0.15) is 0 Å². The minimum atomic E-state index is -0.729. The van der Waals surface area contributed by atoms with Crippen molar-refractivity contribution in [2.75, 3.05) is 0 Å². The molecule has 98 valence electrons. The highest BCUT2D eigenvalue weighted by Gasteiger charge is 2.64. The van der Waals surface area contributed by atoms with Gasteiger partial charge in [0.1, 0.15) is 5.78 Å². The van der Waals surface area contributed by atoms with Crippen LogP contribution in [0.5, 0.6) is 0 Å². The highest BCUT2D eigenvalue weighted by molar-refractivity contribution is 6.05. The van der Waals surface area contributed by atoms with Crippen molar-refractivity contribution in [1.29, 1.82) is 0 Å². The van der Waals surface area contributed by atoms with Gasteiger partial charge in [0.25, 0.3) is 0 Å². The number of aliphatic hydroxyl groups excluding tert-OH is 1. The molecule has 0 aromatic carbocycles. The van der Waals surface area contributed by atoms with Gasteiger partial charge >= 0.3 is 0 Å². The van der Waals surface area contributed by atoms with Crippen LogP contribution in [0.25, 0.3) is 0 Å². The summed E-state index contributed by atoms with van der Waals surface area (Å²) < 4.78 is 0. The molecule has 0 radical (unpaired) electrons. The lowest BCUT2D eigenvalue weighted by atomic mass is 9.68. The monoisotopic (exact) mass is 248 g/mol. The molecule has 0 heterocycles. The van der Waals surface area contributed by atoms with Gasteiger partial charge in [-0.25, -0.2) is 0 Å². The maximum atomic E-state index is 12.4. The Hall–Kier alpha value is -0.960. The minimum absolute atomic E-state index is 0.0775. The molecule has 0 aliphatic heterocycles. The van der Waals surface area contributed by atoms with Gasteiger partial charge in [-0.3, -0.25) is 9.59 Å². The van der Waals surface area contributed by atoms with E-state index in [0.29, 0.717) is 18.4 Å². The molecule has 0 aromatic rings. The van der Waals surface area contributed by atoms with Crippen molar-refractivity contribution in [1.82, 2.24) is 0 Å². The summed E-state index contributed by atoms with van der Waals surface area (Å²) in [6, 6.07) is 0. The van der Waals surface area contributed by atoms with Crippen LogP contribution >= 0.6 is 0 Å². The third-order valence-electron chi connectivity index (χ3n) is 5.70. The van der Waals surface area contributed by atoms with E-state index in [1.165, 1.54) is 0 Å². The summed E-state index contributed by atoms with van der Waals surface area (Å²) >= 11 is 0. The minimum Gasteiger partial charge on any atom is -0.388 e. The van der Waals surface area contributed by atoms with E-state index in [1.807, 2.05) is 20.8 Å². The number of allylic oxidation sites excluding steroid dienone is 1. The third-order valence-corrected chi connectivity index (χ3v) is 5.70. The van der Waals surface area contributed by atoms with E-state index in [2.05, 4.69) is 6.92 Å². The molecule has 3 aliphatic carbocycles. The Kier molecular flexibility index (Phi) is 2.10. The highest BCUT2D eigenvalue weighted by Crippen LogP contribution is 2.63. The predicted octanol–water partition coefficient (Wildman–Crippen LogP) is 1.89. The van der Waals surface area contributed by atoms with Crippen molar-refractivity contribution >= 4 is 11.6 Å². The van der Waals surface area contributed by atoms with Crippen LogP contribution in [0.1, 0.15) is 40.5 Å². The lowest BCUT2D eigenvalue weighted by molar-refractivity contribution is -0.123. The number of hydrogen-bond acceptors (Lipinski definition) is 3. The number of ketones is 2. The Morgan fingerprint density at radius 3 is 2.44 bits per heavy atom. The van der Waals surface area contributed by atoms with Crippen molar-refractivity contribution in [2.45, 2.75) is 46.6 Å². The van der Waals surface area contributed by atoms with E-state index in [4.69, 9.17) is 0 Å². The number of fused-ring (bicyclic) bond motifs is 2. The molecule has 0 aromatic heterocycles. The van der Waals surface area contributed by atoms with Gasteiger partial charge in [0.05, 0.1) is 6.10 Å². The van der Waals surface area contributed by atoms with Gasteiger partial charge < -0.3 is 5.11 Å². The van der Waals surface area contributed by atoms with Gasteiger partial charge in [0, 0.05) is 34.7 Å². The normalized spacial score (nSPS) is 45.7. The topological polar surface area (TPSA) is 54.4 Å². The number of carbonyl (C=O) groups is 2. The molecule has 1 saturated carbocycles. The molecule has 0 amide bonds. The standard InChI is InChI=1S/C15H20O3/c1-7-10(16)5-8-12(17)11-9(15(7,8)4)6-14(2,3)13(11)18/h7-8,12,17H,5-6H2,1-4H3. The fourth-order valence-corrected chi connectivity index (χ4v) is 4.30. The molecule has 1 N–H and O–H groups in total. The lowest BCUT2D eigenvalue weighted by Gasteiger charge is -2.34. The van der Waals surface area contributed by atoms with Crippen LogP contribution in [0.2, 0.25) is 0 Å². The maximum absolute atomic E-state index is 12.4. The molecular weight excluding hydrogens is 228 g/mol. The first kappa shape index (κ1) is 12.1. The van der Waals surface area contributed by atoms with E-state index in [1.54, 1.807) is 0 Å². The van der Waals surface area contributed by atoms with Crippen LogP contribution in [0.4, 0.5) is 0 Å². The largest absolute Gasteiger partial charge is 0.388 e. The molecule has 4 unspecified atom stereocenters. The molecule has 1 fully saturated rings. The molecule has 0 saturated heterocycles. The molecule has 3 nitrogen and oxygen atoms in total. The van der Waals surface area contributed by atoms with Gasteiger partial charge in [-0.1, -0.05) is 33.3 Å². The van der Waals surface area contributed by atoms with E-state index < -0.39 is 11.5 Å². The van der Waals surface area contributed by atoms with Gasteiger partial charge in [0.15, 0.2) is 5.78 Å². The Labute approximate surface area is 107 Å². The summed E-state index contributed by atoms with van der Waals surface area (Å²) in [5.41, 5.74) is 0.987. The number of carbonyl (C=O) groups excluding carboxylic acids is 2. The fourth-order valence-electron chi connectivity index (χ4n) is 4.30. The summed E-state index contributed by atoms with van der Waals surface area (Å²) in [6.07, 6.45) is 0.385. The first-order valence-electron chi connectivity index (χ1n) is 6.70. The quantitative estimate of drug-likeness (QED) is 0.712. The Morgan fingerprint density at radius 2 is 1.83 bits per heavy atom. The summed E-state index contributed by atoms with van der Waals surface area (Å²) in [6.45, 7) is 7.87. The maximum Gasteiger partial charge on any atom is 0.167 e. The number of Topliss-reactive ketones (excluding diaryl/α,β-unsaturated/α-hetero) is 2. The third kappa shape index (κ3) is 1.09.